The number of hydrogen-bond donors (Lipinski definition) is 0. The highest BCUT2D eigenvalue weighted by molar-refractivity contribution is 5.77. The van der Waals surface area contributed by atoms with Gasteiger partial charge in [0, 0.05) is 25.9 Å². The van der Waals surface area contributed by atoms with E-state index in [1.807, 2.05) is 6.92 Å². The molecule has 0 saturated carbocycles. The van der Waals surface area contributed by atoms with E-state index in [0.29, 0.717) is 12.2 Å². The lowest BCUT2D eigenvalue weighted by Crippen LogP contribution is -2.28. The lowest BCUT2D eigenvalue weighted by Gasteiger charge is -2.20. The molecule has 1 aliphatic rings. The van der Waals surface area contributed by atoms with Crippen molar-refractivity contribution in [2.24, 2.45) is 5.92 Å². The van der Waals surface area contributed by atoms with Gasteiger partial charge in [0.2, 0.25) is 0 Å². The van der Waals surface area contributed by atoms with Gasteiger partial charge in [0.1, 0.15) is 5.78 Å². The first-order chi connectivity index (χ1) is 7.61. The van der Waals surface area contributed by atoms with Gasteiger partial charge in [-0.2, -0.15) is 0 Å². The van der Waals surface area contributed by atoms with Crippen molar-refractivity contribution in [1.29, 1.82) is 0 Å². The molecule has 1 fully saturated rings. The van der Waals surface area contributed by atoms with E-state index in [9.17, 15) is 4.79 Å². The zero-order chi connectivity index (χ0) is 12.0. The number of ketones is 1. The number of carbonyl (C=O) groups is 1. The molecular weight excluding hydrogens is 200 g/mol. The smallest absolute Gasteiger partial charge is 0.132 e. The van der Waals surface area contributed by atoms with Crippen LogP contribution in [-0.4, -0.2) is 55.9 Å². The number of likely N-dealkylation sites (tertiary alicyclic amines) is 1. The highest BCUT2D eigenvalue weighted by atomic mass is 16.1. The van der Waals surface area contributed by atoms with Gasteiger partial charge in [-0.1, -0.05) is 6.92 Å². The van der Waals surface area contributed by atoms with Crippen LogP contribution in [0.5, 0.6) is 0 Å². The average Bonchev–Trinajstić information content (AvgIpc) is 2.63. The molecular formula is C13H26N2O. The summed E-state index contributed by atoms with van der Waals surface area (Å²) in [6, 6.07) is 0. The molecule has 1 rings (SSSR count). The van der Waals surface area contributed by atoms with E-state index in [1.165, 1.54) is 26.1 Å². The van der Waals surface area contributed by atoms with E-state index in [-0.39, 0.29) is 0 Å². The Morgan fingerprint density at radius 3 is 2.81 bits per heavy atom. The number of rotatable bonds is 7. The molecule has 1 atom stereocenters. The maximum Gasteiger partial charge on any atom is 0.132 e. The Morgan fingerprint density at radius 2 is 2.25 bits per heavy atom. The Bertz CT molecular complexity index is 218. The normalized spacial score (nSPS) is 21.9. The highest BCUT2D eigenvalue weighted by Gasteiger charge is 2.20. The van der Waals surface area contributed by atoms with Crippen molar-refractivity contribution in [3.8, 4) is 0 Å². The first-order valence-electron chi connectivity index (χ1n) is 6.50. The Morgan fingerprint density at radius 1 is 1.50 bits per heavy atom. The average molecular weight is 226 g/mol. The molecule has 3 nitrogen and oxygen atoms in total. The van der Waals surface area contributed by atoms with Gasteiger partial charge in [-0.25, -0.2) is 0 Å². The zero-order valence-corrected chi connectivity index (χ0v) is 11.0. The second-order valence-electron chi connectivity index (χ2n) is 5.17. The molecule has 0 aromatic heterocycles. The van der Waals surface area contributed by atoms with Crippen LogP contribution in [0.15, 0.2) is 0 Å². The van der Waals surface area contributed by atoms with Crippen molar-refractivity contribution < 1.29 is 4.79 Å². The summed E-state index contributed by atoms with van der Waals surface area (Å²) in [7, 11) is 4.37. The first-order valence-corrected chi connectivity index (χ1v) is 6.50. The molecule has 0 bridgehead atoms. The molecule has 3 heteroatoms. The molecule has 0 aromatic rings. The summed E-state index contributed by atoms with van der Waals surface area (Å²) in [5.41, 5.74) is 0. The van der Waals surface area contributed by atoms with E-state index in [0.717, 1.165) is 25.3 Å². The SMILES string of the molecule is CCC(=O)CCCN(C)CC1CCN(C)C1. The quantitative estimate of drug-likeness (QED) is 0.659. The molecule has 94 valence electrons. The molecule has 1 heterocycles. The van der Waals surface area contributed by atoms with Crippen LogP contribution < -0.4 is 0 Å². The lowest BCUT2D eigenvalue weighted by atomic mass is 10.1. The van der Waals surface area contributed by atoms with Crippen molar-refractivity contribution in [3.63, 3.8) is 0 Å². The summed E-state index contributed by atoms with van der Waals surface area (Å²) in [6.45, 7) is 6.67. The fourth-order valence-electron chi connectivity index (χ4n) is 2.43. The fourth-order valence-corrected chi connectivity index (χ4v) is 2.43. The summed E-state index contributed by atoms with van der Waals surface area (Å²) >= 11 is 0. The van der Waals surface area contributed by atoms with Gasteiger partial charge < -0.3 is 9.80 Å². The summed E-state index contributed by atoms with van der Waals surface area (Å²) in [5, 5.41) is 0. The van der Waals surface area contributed by atoms with Crippen molar-refractivity contribution >= 4 is 5.78 Å². The van der Waals surface area contributed by atoms with Crippen LogP contribution in [0.4, 0.5) is 0 Å². The number of carbonyl (C=O) groups excluding carboxylic acids is 1. The topological polar surface area (TPSA) is 23.6 Å². The Kier molecular flexibility index (Phi) is 5.99. The second kappa shape index (κ2) is 7.02. The zero-order valence-electron chi connectivity index (χ0n) is 11.0. The van der Waals surface area contributed by atoms with Gasteiger partial charge in [-0.05, 0) is 45.9 Å². The van der Waals surface area contributed by atoms with Gasteiger partial charge in [0.05, 0.1) is 0 Å². The van der Waals surface area contributed by atoms with Crippen molar-refractivity contribution in [2.45, 2.75) is 32.6 Å². The predicted molar refractivity (Wildman–Crippen MR) is 67.6 cm³/mol. The van der Waals surface area contributed by atoms with Crippen LogP contribution in [0.1, 0.15) is 32.6 Å². The summed E-state index contributed by atoms with van der Waals surface area (Å²) < 4.78 is 0. The molecule has 0 radical (unpaired) electrons. The monoisotopic (exact) mass is 226 g/mol. The third-order valence-electron chi connectivity index (χ3n) is 3.45. The predicted octanol–water partition coefficient (Wildman–Crippen LogP) is 1.63. The Hall–Kier alpha value is -0.410. The number of hydrogen-bond acceptors (Lipinski definition) is 3. The van der Waals surface area contributed by atoms with E-state index in [1.54, 1.807) is 0 Å². The van der Waals surface area contributed by atoms with Crippen molar-refractivity contribution in [1.82, 2.24) is 9.80 Å². The molecule has 0 aromatic carbocycles. The van der Waals surface area contributed by atoms with Gasteiger partial charge in [-0.15, -0.1) is 0 Å². The minimum absolute atomic E-state index is 0.397. The van der Waals surface area contributed by atoms with Crippen LogP contribution in [0.3, 0.4) is 0 Å². The maximum absolute atomic E-state index is 11.2. The standard InChI is InChI=1S/C13H26N2O/c1-4-13(16)6-5-8-14(2)10-12-7-9-15(3)11-12/h12H,4-11H2,1-3H3. The first kappa shape index (κ1) is 13.7. The lowest BCUT2D eigenvalue weighted by molar-refractivity contribution is -0.118. The van der Waals surface area contributed by atoms with Crippen LogP contribution >= 0.6 is 0 Å². The molecule has 1 saturated heterocycles. The third kappa shape index (κ3) is 5.08. The molecule has 1 unspecified atom stereocenters. The van der Waals surface area contributed by atoms with Gasteiger partial charge in [0.15, 0.2) is 0 Å². The minimum atomic E-state index is 0.397. The highest BCUT2D eigenvalue weighted by Crippen LogP contribution is 2.15. The largest absolute Gasteiger partial charge is 0.306 e. The third-order valence-corrected chi connectivity index (χ3v) is 3.45. The van der Waals surface area contributed by atoms with E-state index in [4.69, 9.17) is 0 Å². The van der Waals surface area contributed by atoms with Crippen LogP contribution in [0.2, 0.25) is 0 Å². The second-order valence-corrected chi connectivity index (χ2v) is 5.17. The molecule has 0 aliphatic carbocycles. The Balaban J connectivity index is 2.06. The van der Waals surface area contributed by atoms with E-state index < -0.39 is 0 Å². The summed E-state index contributed by atoms with van der Waals surface area (Å²) in [5.74, 6) is 1.23. The minimum Gasteiger partial charge on any atom is -0.306 e. The molecule has 16 heavy (non-hydrogen) atoms. The fraction of sp³-hybridized carbons (Fsp3) is 0.923. The molecule has 0 amide bonds. The van der Waals surface area contributed by atoms with Gasteiger partial charge in [-0.3, -0.25) is 4.79 Å². The van der Waals surface area contributed by atoms with Crippen molar-refractivity contribution in [3.05, 3.63) is 0 Å². The van der Waals surface area contributed by atoms with Gasteiger partial charge >= 0.3 is 0 Å². The number of nitrogens with zero attached hydrogens (tertiary/aromatic N) is 2. The summed E-state index contributed by atoms with van der Waals surface area (Å²) in [6.07, 6.45) is 3.79. The van der Waals surface area contributed by atoms with E-state index in [2.05, 4.69) is 23.9 Å². The Labute approximate surface area is 99.8 Å². The summed E-state index contributed by atoms with van der Waals surface area (Å²) in [4.78, 5) is 15.9. The maximum atomic E-state index is 11.2. The van der Waals surface area contributed by atoms with Gasteiger partial charge in [0.25, 0.3) is 0 Å². The van der Waals surface area contributed by atoms with Crippen LogP contribution in [-0.2, 0) is 4.79 Å². The molecule has 0 spiro atoms. The van der Waals surface area contributed by atoms with E-state index >= 15 is 0 Å². The van der Waals surface area contributed by atoms with Crippen LogP contribution in [0, 0.1) is 5.92 Å². The van der Waals surface area contributed by atoms with Crippen molar-refractivity contribution in [2.75, 3.05) is 40.3 Å². The molecule has 0 N–H and O–H groups in total. The van der Waals surface area contributed by atoms with Crippen LogP contribution in [0.25, 0.3) is 0 Å². The molecule has 1 aliphatic heterocycles. The number of Topliss-reactive ketones (excluding diaryl/α,β-unsaturated/α-hetero) is 1.